The molecule has 2 heterocycles. The molecule has 20 heavy (non-hydrogen) atoms. The topological polar surface area (TPSA) is 136 Å². The van der Waals surface area contributed by atoms with Gasteiger partial charge in [0.2, 0.25) is 0 Å². The minimum absolute atomic E-state index is 0.103. The number of halogens is 1. The number of amidine groups is 1. The summed E-state index contributed by atoms with van der Waals surface area (Å²) in [5.41, 5.74) is 5.12. The first-order valence-corrected chi connectivity index (χ1v) is 6.10. The maximum Gasteiger partial charge on any atom is 0.164 e. The number of nitrogens with zero attached hydrogens (tertiary/aromatic N) is 1. The number of hydrogen-bond acceptors (Lipinski definition) is 6. The van der Waals surface area contributed by atoms with Crippen molar-refractivity contribution in [1.29, 1.82) is 5.41 Å². The second-order valence-corrected chi connectivity index (χ2v) is 4.85. The van der Waals surface area contributed by atoms with E-state index < -0.39 is 36.8 Å². The molecule has 2 aliphatic heterocycles. The quantitative estimate of drug-likeness (QED) is 0.266. The van der Waals surface area contributed by atoms with Crippen molar-refractivity contribution in [1.82, 2.24) is 10.6 Å². The molecule has 1 fully saturated rings. The first kappa shape index (κ1) is 14.7. The second-order valence-electron chi connectivity index (χ2n) is 4.85. The van der Waals surface area contributed by atoms with E-state index in [0.29, 0.717) is 5.70 Å². The Bertz CT molecular complexity index is 457. The van der Waals surface area contributed by atoms with Crippen molar-refractivity contribution in [2.75, 3.05) is 6.61 Å². The zero-order valence-corrected chi connectivity index (χ0v) is 10.9. The van der Waals surface area contributed by atoms with Gasteiger partial charge in [-0.15, -0.1) is 0 Å². The predicted molar refractivity (Wildman–Crippen MR) is 69.8 cm³/mol. The van der Waals surface area contributed by atoms with Crippen LogP contribution in [-0.4, -0.2) is 59.1 Å². The van der Waals surface area contributed by atoms with Gasteiger partial charge >= 0.3 is 0 Å². The molecule has 0 saturated carbocycles. The van der Waals surface area contributed by atoms with Crippen molar-refractivity contribution in [3.8, 4) is 0 Å². The monoisotopic (exact) mass is 287 g/mol. The lowest BCUT2D eigenvalue weighted by molar-refractivity contribution is -0.0145. The van der Waals surface area contributed by atoms with Crippen molar-refractivity contribution in [2.24, 2.45) is 10.7 Å². The highest BCUT2D eigenvalue weighted by atomic mass is 19.1. The summed E-state index contributed by atoms with van der Waals surface area (Å²) in [6.07, 6.45) is -2.74. The Hall–Kier alpha value is -1.71. The Balaban J connectivity index is 2.10. The molecule has 0 aromatic carbocycles. The van der Waals surface area contributed by atoms with Crippen LogP contribution in [0.4, 0.5) is 4.39 Å². The van der Waals surface area contributed by atoms with Crippen LogP contribution in [0.15, 0.2) is 16.9 Å². The van der Waals surface area contributed by atoms with Gasteiger partial charge in [-0.3, -0.25) is 5.41 Å². The number of nitrogens with two attached hydrogens (primary N) is 1. The number of ether oxygens (including phenoxy) is 1. The molecule has 0 radical (unpaired) electrons. The van der Waals surface area contributed by atoms with Gasteiger partial charge in [-0.2, -0.15) is 0 Å². The molecule has 0 aromatic rings. The van der Waals surface area contributed by atoms with Crippen molar-refractivity contribution in [3.05, 3.63) is 11.9 Å². The summed E-state index contributed by atoms with van der Waals surface area (Å²) >= 11 is 0. The number of nitrogens with one attached hydrogen (secondary N) is 3. The van der Waals surface area contributed by atoms with E-state index in [1.165, 1.54) is 6.20 Å². The highest BCUT2D eigenvalue weighted by Crippen LogP contribution is 2.29. The number of aliphatic imine (C=N–C) groups is 1. The maximum absolute atomic E-state index is 14.0. The minimum atomic E-state index is -1.66. The van der Waals surface area contributed by atoms with Gasteiger partial charge in [0.15, 0.2) is 11.8 Å². The van der Waals surface area contributed by atoms with E-state index in [1.54, 1.807) is 6.92 Å². The fourth-order valence-corrected chi connectivity index (χ4v) is 2.20. The van der Waals surface area contributed by atoms with E-state index in [1.807, 2.05) is 0 Å². The van der Waals surface area contributed by atoms with Gasteiger partial charge in [-0.05, 0) is 6.92 Å². The highest BCUT2D eigenvalue weighted by molar-refractivity contribution is 5.94. The summed E-state index contributed by atoms with van der Waals surface area (Å²) in [6, 6.07) is 0. The molecule has 0 amide bonds. The van der Waals surface area contributed by atoms with Gasteiger partial charge in [0, 0.05) is 6.20 Å². The molecule has 112 valence electrons. The van der Waals surface area contributed by atoms with Gasteiger partial charge in [-0.1, -0.05) is 0 Å². The molecular weight excluding hydrogens is 269 g/mol. The Morgan fingerprint density at radius 2 is 2.45 bits per heavy atom. The SMILES string of the molecule is CC1(C(N)=NC=N)NC=C([C@@H]2O[C@H](CO)[C@@H](O)[C@H]2F)N1. The van der Waals surface area contributed by atoms with Gasteiger partial charge < -0.3 is 31.3 Å². The van der Waals surface area contributed by atoms with Gasteiger partial charge in [-0.25, -0.2) is 9.38 Å². The van der Waals surface area contributed by atoms with Crippen LogP contribution in [0.5, 0.6) is 0 Å². The molecule has 5 atom stereocenters. The minimum Gasteiger partial charge on any atom is -0.394 e. The molecule has 2 aliphatic rings. The van der Waals surface area contributed by atoms with Crippen LogP contribution in [0.25, 0.3) is 0 Å². The number of hydrogen-bond donors (Lipinski definition) is 6. The van der Waals surface area contributed by atoms with Crippen LogP contribution >= 0.6 is 0 Å². The zero-order valence-electron chi connectivity index (χ0n) is 10.9. The Morgan fingerprint density at radius 3 is 3.00 bits per heavy atom. The summed E-state index contributed by atoms with van der Waals surface area (Å²) in [5, 5.41) is 31.3. The van der Waals surface area contributed by atoms with Gasteiger partial charge in [0.05, 0.1) is 12.3 Å². The van der Waals surface area contributed by atoms with Crippen molar-refractivity contribution >= 4 is 12.2 Å². The summed E-state index contributed by atoms with van der Waals surface area (Å²) < 4.78 is 19.3. The summed E-state index contributed by atoms with van der Waals surface area (Å²) in [4.78, 5) is 3.66. The lowest BCUT2D eigenvalue weighted by atomic mass is 10.1. The van der Waals surface area contributed by atoms with Crippen LogP contribution < -0.4 is 16.4 Å². The van der Waals surface area contributed by atoms with E-state index >= 15 is 0 Å². The zero-order chi connectivity index (χ0) is 14.9. The third-order valence-electron chi connectivity index (χ3n) is 3.43. The molecule has 1 unspecified atom stereocenters. The Kier molecular flexibility index (Phi) is 3.93. The summed E-state index contributed by atoms with van der Waals surface area (Å²) in [5.74, 6) is 0.103. The number of rotatable bonds is 4. The lowest BCUT2D eigenvalue weighted by Gasteiger charge is -2.27. The van der Waals surface area contributed by atoms with Crippen LogP contribution in [0, 0.1) is 5.41 Å². The van der Waals surface area contributed by atoms with E-state index in [-0.39, 0.29) is 5.84 Å². The average molecular weight is 287 g/mol. The first-order valence-electron chi connectivity index (χ1n) is 6.10. The Morgan fingerprint density at radius 1 is 1.75 bits per heavy atom. The fraction of sp³-hybridized carbons (Fsp3) is 0.636. The molecule has 0 bridgehead atoms. The van der Waals surface area contributed by atoms with Gasteiger partial charge in [0.25, 0.3) is 0 Å². The summed E-state index contributed by atoms with van der Waals surface area (Å²) in [7, 11) is 0. The molecule has 2 rings (SSSR count). The third-order valence-corrected chi connectivity index (χ3v) is 3.43. The van der Waals surface area contributed by atoms with Gasteiger partial charge in [0.1, 0.15) is 30.5 Å². The van der Waals surface area contributed by atoms with Crippen LogP contribution in [0.2, 0.25) is 0 Å². The average Bonchev–Trinajstić information content (AvgIpc) is 2.94. The number of alkyl halides is 1. The van der Waals surface area contributed by atoms with E-state index in [9.17, 15) is 9.50 Å². The normalized spacial score (nSPS) is 41.0. The second kappa shape index (κ2) is 5.35. The molecule has 8 nitrogen and oxygen atoms in total. The Labute approximate surface area is 115 Å². The van der Waals surface area contributed by atoms with Crippen molar-refractivity contribution in [2.45, 2.75) is 37.1 Å². The fourth-order valence-electron chi connectivity index (χ4n) is 2.20. The van der Waals surface area contributed by atoms with E-state index in [4.69, 9.17) is 21.0 Å². The van der Waals surface area contributed by atoms with Crippen LogP contribution in [-0.2, 0) is 4.74 Å². The predicted octanol–water partition coefficient (Wildman–Crippen LogP) is -1.84. The van der Waals surface area contributed by atoms with Crippen molar-refractivity contribution in [3.63, 3.8) is 0 Å². The molecule has 1 saturated heterocycles. The van der Waals surface area contributed by atoms with Crippen molar-refractivity contribution < 1.29 is 19.3 Å². The molecular formula is C11H18FN5O3. The molecule has 0 aliphatic carbocycles. The molecule has 0 aromatic heterocycles. The maximum atomic E-state index is 14.0. The number of aliphatic hydroxyl groups excluding tert-OH is 2. The largest absolute Gasteiger partial charge is 0.394 e. The van der Waals surface area contributed by atoms with Crippen LogP contribution in [0.3, 0.4) is 0 Å². The smallest absolute Gasteiger partial charge is 0.164 e. The van der Waals surface area contributed by atoms with Crippen LogP contribution in [0.1, 0.15) is 6.92 Å². The molecule has 9 heteroatoms. The number of aliphatic hydroxyl groups is 2. The summed E-state index contributed by atoms with van der Waals surface area (Å²) in [6.45, 7) is 1.20. The first-order chi connectivity index (χ1) is 9.42. The lowest BCUT2D eigenvalue weighted by Crippen LogP contribution is -2.58. The standard InChI is InChI=1S/C11H18FN5O3/c1-11(10(14)15-4-13)16-2-5(17-11)9-7(12)8(19)6(3-18)20-9/h2,4,6-9,16-19H,3H2,1H3,(H3,13,14,15)/t6-,7-,8-,9+,11?/m1/s1. The molecule has 0 spiro atoms. The van der Waals surface area contributed by atoms with E-state index in [2.05, 4.69) is 15.6 Å². The molecule has 7 N–H and O–H groups in total. The van der Waals surface area contributed by atoms with E-state index in [0.717, 1.165) is 6.34 Å². The third kappa shape index (κ3) is 2.35. The highest BCUT2D eigenvalue weighted by Gasteiger charge is 2.48.